The molecule has 0 saturated heterocycles. The quantitative estimate of drug-likeness (QED) is 0.359. The van der Waals surface area contributed by atoms with Crippen LogP contribution in [0.4, 0.5) is 0 Å². The fourth-order valence-electron chi connectivity index (χ4n) is 0. The van der Waals surface area contributed by atoms with Crippen LogP contribution in [0.25, 0.3) is 0 Å². The molecule has 0 bridgehead atoms. The van der Waals surface area contributed by atoms with Crippen LogP contribution < -0.4 is 5.73 Å². The minimum atomic E-state index is -1.37. The van der Waals surface area contributed by atoms with Gasteiger partial charge in [0.25, 0.3) is 0 Å². The van der Waals surface area contributed by atoms with Gasteiger partial charge in [-0.2, -0.15) is 0 Å². The van der Waals surface area contributed by atoms with Crippen molar-refractivity contribution in [2.45, 2.75) is 19.3 Å². The third kappa shape index (κ3) is 22.4. The molecule has 10 heavy (non-hydrogen) atoms. The standard InChI is InChI=1S/C3H9NO2.3HI.V/c1-2(4)3(5)6;;;;/h2-3,5-6H,4H2,1H3;3*1H;/q;;;;+3/p-3. The molecule has 0 aromatic rings. The van der Waals surface area contributed by atoms with Gasteiger partial charge in [-0.3, -0.25) is 0 Å². The van der Waals surface area contributed by atoms with E-state index < -0.39 is 12.3 Å². The van der Waals surface area contributed by atoms with Crippen LogP contribution >= 0.6 is 59.9 Å². The third-order valence-electron chi connectivity index (χ3n) is 0.470. The van der Waals surface area contributed by atoms with Crippen molar-refractivity contribution in [1.82, 2.24) is 0 Å². The molecule has 0 spiro atoms. The molecule has 0 rings (SSSR count). The molecule has 0 amide bonds. The van der Waals surface area contributed by atoms with Crippen molar-refractivity contribution in [3.8, 4) is 0 Å². The Kier molecular flexibility index (Phi) is 14.7. The molecule has 0 radical (unpaired) electrons. The molecule has 1 atom stereocenters. The number of aliphatic hydroxyl groups is 2. The van der Waals surface area contributed by atoms with Crippen molar-refractivity contribution in [1.29, 1.82) is 0 Å². The van der Waals surface area contributed by atoms with Crippen molar-refractivity contribution >= 4 is 59.9 Å². The van der Waals surface area contributed by atoms with E-state index in [9.17, 15) is 0 Å². The van der Waals surface area contributed by atoms with Gasteiger partial charge in [0.2, 0.25) is 0 Å². The number of rotatable bonds is 1. The van der Waals surface area contributed by atoms with Crippen LogP contribution in [0.15, 0.2) is 0 Å². The van der Waals surface area contributed by atoms with E-state index in [1.54, 1.807) is 0 Å². The zero-order valence-electron chi connectivity index (χ0n) is 5.21. The Balaban J connectivity index is 0. The number of halogens is 3. The number of hydrogen-bond acceptors (Lipinski definition) is 3. The zero-order valence-corrected chi connectivity index (χ0v) is 13.1. The Morgan fingerprint density at radius 2 is 1.40 bits per heavy atom. The Morgan fingerprint density at radius 3 is 1.40 bits per heavy atom. The van der Waals surface area contributed by atoms with Crippen LogP contribution in [0.3, 0.4) is 0 Å². The van der Waals surface area contributed by atoms with Gasteiger partial charge >= 0.3 is 64.9 Å². The van der Waals surface area contributed by atoms with Gasteiger partial charge in [-0.1, -0.05) is 0 Å². The molecule has 0 aliphatic carbocycles. The molecule has 0 aromatic heterocycles. The average Bonchev–Trinajstić information content (AvgIpc) is 1.63. The summed E-state index contributed by atoms with van der Waals surface area (Å²) in [5.74, 6) is 0. The van der Waals surface area contributed by atoms with E-state index in [-0.39, 0.29) is 4.92 Å². The van der Waals surface area contributed by atoms with E-state index in [4.69, 9.17) is 15.9 Å². The fourth-order valence-corrected chi connectivity index (χ4v) is 0. The Bertz CT molecular complexity index is 64.0. The van der Waals surface area contributed by atoms with E-state index in [0.717, 1.165) is 0 Å². The van der Waals surface area contributed by atoms with E-state index in [1.807, 2.05) is 0 Å². The van der Waals surface area contributed by atoms with Gasteiger partial charge in [0.15, 0.2) is 6.29 Å². The summed E-state index contributed by atoms with van der Waals surface area (Å²) in [5.41, 5.74) is 4.94. The first kappa shape index (κ1) is 15.1. The predicted molar refractivity (Wildman–Crippen MR) is 63.9 cm³/mol. The molecule has 0 heterocycles. The average molecular weight is 523 g/mol. The normalized spacial score (nSPS) is 12.9. The van der Waals surface area contributed by atoms with E-state index in [0.29, 0.717) is 0 Å². The molecule has 64 valence electrons. The molecule has 7 heteroatoms. The van der Waals surface area contributed by atoms with E-state index in [1.165, 1.54) is 6.92 Å². The van der Waals surface area contributed by atoms with Crippen molar-refractivity contribution in [3.05, 3.63) is 0 Å². The van der Waals surface area contributed by atoms with Crippen LogP contribution in [-0.4, -0.2) is 22.5 Å². The molecular weight excluding hydrogens is 514 g/mol. The number of aliphatic hydroxyl groups excluding tert-OH is 1. The summed E-state index contributed by atoms with van der Waals surface area (Å²) in [7, 11) is 0. The third-order valence-corrected chi connectivity index (χ3v) is 0.470. The van der Waals surface area contributed by atoms with Crippen LogP contribution in [0, 0.1) is 0 Å². The van der Waals surface area contributed by atoms with Crippen LogP contribution in [-0.2, 0) is 4.92 Å². The summed E-state index contributed by atoms with van der Waals surface area (Å²) in [6.45, 7) is 1.52. The van der Waals surface area contributed by atoms with E-state index in [2.05, 4.69) is 59.9 Å². The van der Waals surface area contributed by atoms with Crippen LogP contribution in [0.1, 0.15) is 6.92 Å². The van der Waals surface area contributed by atoms with Crippen molar-refractivity contribution in [2.75, 3.05) is 0 Å². The molecule has 0 aliphatic heterocycles. The van der Waals surface area contributed by atoms with Crippen molar-refractivity contribution in [3.63, 3.8) is 0 Å². The van der Waals surface area contributed by atoms with Gasteiger partial charge in [-0.15, -0.1) is 0 Å². The predicted octanol–water partition coefficient (Wildman–Crippen LogP) is 1.30. The minimum absolute atomic E-state index is 0.278. The topological polar surface area (TPSA) is 66.5 Å². The van der Waals surface area contributed by atoms with Gasteiger partial charge < -0.3 is 15.9 Å². The molecule has 1 unspecified atom stereocenters. The van der Waals surface area contributed by atoms with Gasteiger partial charge in [-0.25, -0.2) is 0 Å². The first-order valence-electron chi connectivity index (χ1n) is 2.27. The second-order valence-electron chi connectivity index (χ2n) is 1.46. The molecular formula is C3H9I3NO2V. The number of nitrogens with two attached hydrogens (primary N) is 1. The summed E-state index contributed by atoms with van der Waals surface area (Å²) < 4.78 is 0. The van der Waals surface area contributed by atoms with Gasteiger partial charge in [0.05, 0.1) is 6.04 Å². The second-order valence-corrected chi connectivity index (χ2v) is 36.8. The van der Waals surface area contributed by atoms with Gasteiger partial charge in [-0.05, 0) is 6.92 Å². The summed E-state index contributed by atoms with van der Waals surface area (Å²) >= 11 is 7.39. The fraction of sp³-hybridized carbons (Fsp3) is 1.00. The molecule has 0 fully saturated rings. The Morgan fingerprint density at radius 1 is 1.30 bits per heavy atom. The van der Waals surface area contributed by atoms with Crippen LogP contribution in [0.2, 0.25) is 0 Å². The van der Waals surface area contributed by atoms with Crippen LogP contribution in [0.5, 0.6) is 0 Å². The van der Waals surface area contributed by atoms with Crippen molar-refractivity contribution in [2.24, 2.45) is 5.73 Å². The summed E-state index contributed by atoms with van der Waals surface area (Å²) in [6, 6.07) is -0.537. The second kappa shape index (κ2) is 9.74. The number of hydrogen-bond donors (Lipinski definition) is 3. The molecule has 3 nitrogen and oxygen atoms in total. The monoisotopic (exact) mass is 523 g/mol. The molecule has 0 aliphatic rings. The maximum atomic E-state index is 8.06. The van der Waals surface area contributed by atoms with Gasteiger partial charge in [0.1, 0.15) is 0 Å². The summed E-state index contributed by atoms with van der Waals surface area (Å²) in [5, 5.41) is 16.1. The molecule has 0 saturated carbocycles. The van der Waals surface area contributed by atoms with E-state index >= 15 is 0 Å². The summed E-state index contributed by atoms with van der Waals surface area (Å²) in [4.78, 5) is -0.278. The SMILES string of the molecule is CC(N)C(O)O.[I][V]([I])[I]. The Labute approximate surface area is 98.2 Å². The Hall–Kier alpha value is 2.65. The first-order valence-corrected chi connectivity index (χ1v) is 15.8. The molecule has 4 N–H and O–H groups in total. The van der Waals surface area contributed by atoms with Gasteiger partial charge in [0, 0.05) is 0 Å². The zero-order chi connectivity index (χ0) is 8.73. The first-order chi connectivity index (χ1) is 4.37. The van der Waals surface area contributed by atoms with Crippen molar-refractivity contribution < 1.29 is 15.1 Å². The maximum absolute atomic E-state index is 8.06. The summed E-state index contributed by atoms with van der Waals surface area (Å²) in [6.07, 6.45) is -1.37. The molecule has 0 aromatic carbocycles.